The number of phenols is 1. The van der Waals surface area contributed by atoms with Gasteiger partial charge >= 0.3 is 4.87 Å². The fourth-order valence-electron chi connectivity index (χ4n) is 3.76. The molecule has 0 amide bonds. The molecule has 0 saturated carbocycles. The molecule has 7 nitrogen and oxygen atoms in total. The number of rotatable bonds is 6. The molecule has 0 bridgehead atoms. The lowest BCUT2D eigenvalue weighted by Gasteiger charge is -2.35. The van der Waals surface area contributed by atoms with E-state index >= 15 is 0 Å². The van der Waals surface area contributed by atoms with Crippen molar-refractivity contribution in [3.05, 3.63) is 67.6 Å². The third-order valence-electron chi connectivity index (χ3n) is 5.47. The highest BCUT2D eigenvalue weighted by Crippen LogP contribution is 2.39. The maximum Gasteiger partial charge on any atom is 0.307 e. The predicted molar refractivity (Wildman–Crippen MR) is 122 cm³/mol. The van der Waals surface area contributed by atoms with E-state index in [2.05, 4.69) is 4.98 Å². The fraction of sp³-hybridized carbons (Fsp3) is 0.333. The van der Waals surface area contributed by atoms with E-state index < -0.39 is 5.60 Å². The van der Waals surface area contributed by atoms with Gasteiger partial charge in [0.1, 0.15) is 29.5 Å². The molecule has 168 valence electrons. The van der Waals surface area contributed by atoms with Crippen LogP contribution in [0.2, 0.25) is 0 Å². The lowest BCUT2D eigenvalue weighted by atomic mass is 9.89. The second kappa shape index (κ2) is 8.35. The Balaban J connectivity index is 1.44. The summed E-state index contributed by atoms with van der Waals surface area (Å²) in [5, 5.41) is 19.9. The summed E-state index contributed by atoms with van der Waals surface area (Å²) in [5.74, 6) is 1.10. The molecule has 1 aromatic heterocycles. The Bertz CT molecular complexity index is 1210. The van der Waals surface area contributed by atoms with Crippen LogP contribution in [0.4, 0.5) is 0 Å². The zero-order valence-electron chi connectivity index (χ0n) is 18.1. The normalized spacial score (nSPS) is 17.8. The number of thiazole rings is 1. The van der Waals surface area contributed by atoms with E-state index in [4.69, 9.17) is 9.47 Å². The van der Waals surface area contributed by atoms with Crippen molar-refractivity contribution in [2.45, 2.75) is 45.1 Å². The second-order valence-electron chi connectivity index (χ2n) is 8.61. The summed E-state index contributed by atoms with van der Waals surface area (Å²) in [5.41, 5.74) is 1.21. The largest absolute Gasteiger partial charge is 0.508 e. The number of aromatic nitrogens is 1. The average Bonchev–Trinajstić information content (AvgIpc) is 3.04. The van der Waals surface area contributed by atoms with Gasteiger partial charge < -0.3 is 19.7 Å². The van der Waals surface area contributed by atoms with E-state index in [9.17, 15) is 19.8 Å². The number of carbonyl (C=O) groups is 1. The first-order valence-electron chi connectivity index (χ1n) is 10.4. The van der Waals surface area contributed by atoms with Crippen molar-refractivity contribution >= 4 is 17.1 Å². The molecule has 0 aliphatic carbocycles. The molecular formula is C24H25NO6S. The Kier molecular flexibility index (Phi) is 5.73. The summed E-state index contributed by atoms with van der Waals surface area (Å²) in [6.45, 7) is 5.95. The first-order valence-corrected chi connectivity index (χ1v) is 11.2. The van der Waals surface area contributed by atoms with Crippen molar-refractivity contribution in [2.24, 2.45) is 0 Å². The molecule has 2 aromatic carbocycles. The van der Waals surface area contributed by atoms with Gasteiger partial charge in [-0.2, -0.15) is 0 Å². The summed E-state index contributed by atoms with van der Waals surface area (Å²) < 4.78 is 12.1. The van der Waals surface area contributed by atoms with Gasteiger partial charge in [-0.05, 0) is 42.7 Å². The molecule has 1 aliphatic rings. The molecule has 0 radical (unpaired) electrons. The van der Waals surface area contributed by atoms with Gasteiger partial charge in [0.25, 0.3) is 0 Å². The summed E-state index contributed by atoms with van der Waals surface area (Å²) in [4.78, 5) is 26.7. The van der Waals surface area contributed by atoms with Gasteiger partial charge in [0.05, 0.1) is 16.9 Å². The molecule has 0 saturated heterocycles. The number of H-pyrrole nitrogens is 1. The first kappa shape index (κ1) is 22.0. The molecule has 2 heterocycles. The SMILES string of the molecule is CC(C)c1cc2c(cc1O)C(=O)CC(C)(COc1ccc(Cc3sc(=O)[nH]c3O)cc1)O2. The zero-order valence-corrected chi connectivity index (χ0v) is 18.9. The summed E-state index contributed by atoms with van der Waals surface area (Å²) in [7, 11) is 0. The van der Waals surface area contributed by atoms with Crippen molar-refractivity contribution in [3.8, 4) is 23.1 Å². The zero-order chi connectivity index (χ0) is 23.0. The highest BCUT2D eigenvalue weighted by atomic mass is 32.1. The van der Waals surface area contributed by atoms with Gasteiger partial charge in [-0.25, -0.2) is 0 Å². The minimum atomic E-state index is -0.836. The van der Waals surface area contributed by atoms with E-state index in [0.717, 1.165) is 22.5 Å². The number of benzene rings is 2. The minimum absolute atomic E-state index is 0.0937. The average molecular weight is 456 g/mol. The van der Waals surface area contributed by atoms with E-state index in [1.165, 1.54) is 6.07 Å². The third-order valence-corrected chi connectivity index (χ3v) is 6.35. The van der Waals surface area contributed by atoms with E-state index in [-0.39, 0.29) is 41.2 Å². The number of Topliss-reactive ketones (excluding diaryl/α,β-unsaturated/α-hetero) is 1. The third kappa shape index (κ3) is 4.50. The van der Waals surface area contributed by atoms with Crippen LogP contribution in [0.1, 0.15) is 59.5 Å². The summed E-state index contributed by atoms with van der Waals surface area (Å²) in [6, 6.07) is 10.6. The van der Waals surface area contributed by atoms with Gasteiger partial charge in [0.2, 0.25) is 5.88 Å². The number of ether oxygens (including phenoxy) is 2. The van der Waals surface area contributed by atoms with Crippen molar-refractivity contribution in [1.82, 2.24) is 4.98 Å². The Morgan fingerprint density at radius 1 is 1.19 bits per heavy atom. The number of phenolic OH excluding ortho intramolecular Hbond substituents is 1. The lowest BCUT2D eigenvalue weighted by Crippen LogP contribution is -2.44. The molecule has 0 spiro atoms. The highest BCUT2D eigenvalue weighted by Gasteiger charge is 2.38. The van der Waals surface area contributed by atoms with Crippen LogP contribution in [0, 0.1) is 0 Å². The lowest BCUT2D eigenvalue weighted by molar-refractivity contribution is 0.0188. The van der Waals surface area contributed by atoms with Crippen LogP contribution in [0.25, 0.3) is 0 Å². The van der Waals surface area contributed by atoms with Crippen LogP contribution in [0.5, 0.6) is 23.1 Å². The molecule has 4 rings (SSSR count). The van der Waals surface area contributed by atoms with Crippen molar-refractivity contribution < 1.29 is 24.5 Å². The van der Waals surface area contributed by atoms with Gasteiger partial charge in [-0.15, -0.1) is 0 Å². The molecule has 32 heavy (non-hydrogen) atoms. The number of aromatic hydroxyl groups is 2. The van der Waals surface area contributed by atoms with Gasteiger partial charge in [0, 0.05) is 12.0 Å². The Labute approximate surface area is 189 Å². The predicted octanol–water partition coefficient (Wildman–Crippen LogP) is 4.36. The Morgan fingerprint density at radius 3 is 2.53 bits per heavy atom. The maximum atomic E-state index is 12.7. The molecule has 0 fully saturated rings. The van der Waals surface area contributed by atoms with Crippen LogP contribution in [-0.4, -0.2) is 33.2 Å². The molecule has 1 atom stereocenters. The molecule has 3 N–H and O–H groups in total. The highest BCUT2D eigenvalue weighted by molar-refractivity contribution is 7.09. The molecule has 1 unspecified atom stereocenters. The molecule has 3 aromatic rings. The van der Waals surface area contributed by atoms with Gasteiger partial charge in [-0.1, -0.05) is 37.3 Å². The standard InChI is InChI=1S/C24H25NO6S/c1-13(2)16-10-20-17(9-18(16)26)19(27)11-24(3,31-20)12-30-15-6-4-14(5-7-15)8-21-22(28)25-23(29)32-21/h4-7,9-10,13,26,28H,8,11-12H2,1-3H3,(H,25,29). The fourth-order valence-corrected chi connectivity index (χ4v) is 4.52. The minimum Gasteiger partial charge on any atom is -0.508 e. The smallest absolute Gasteiger partial charge is 0.307 e. The van der Waals surface area contributed by atoms with Crippen LogP contribution >= 0.6 is 11.3 Å². The number of nitrogens with one attached hydrogen (secondary N) is 1. The summed E-state index contributed by atoms with van der Waals surface area (Å²) in [6.07, 6.45) is 0.580. The van der Waals surface area contributed by atoms with Gasteiger partial charge in [-0.3, -0.25) is 14.6 Å². The monoisotopic (exact) mass is 455 g/mol. The number of fused-ring (bicyclic) bond motifs is 1. The number of hydrogen-bond acceptors (Lipinski definition) is 7. The summed E-state index contributed by atoms with van der Waals surface area (Å²) >= 11 is 0.984. The topological polar surface area (TPSA) is 109 Å². The second-order valence-corrected chi connectivity index (χ2v) is 9.68. The maximum absolute atomic E-state index is 12.7. The molecule has 1 aliphatic heterocycles. The first-order chi connectivity index (χ1) is 15.1. The Hall–Kier alpha value is -3.26. The van der Waals surface area contributed by atoms with Crippen LogP contribution < -0.4 is 14.3 Å². The quantitative estimate of drug-likeness (QED) is 0.509. The number of hydrogen-bond donors (Lipinski definition) is 3. The van der Waals surface area contributed by atoms with Crippen LogP contribution in [-0.2, 0) is 6.42 Å². The number of ketones is 1. The van der Waals surface area contributed by atoms with Crippen LogP contribution in [0.3, 0.4) is 0 Å². The van der Waals surface area contributed by atoms with Crippen molar-refractivity contribution in [3.63, 3.8) is 0 Å². The van der Waals surface area contributed by atoms with Gasteiger partial charge in [0.15, 0.2) is 5.78 Å². The number of carbonyl (C=O) groups excluding carboxylic acids is 1. The van der Waals surface area contributed by atoms with E-state index in [1.54, 1.807) is 18.2 Å². The van der Waals surface area contributed by atoms with Crippen LogP contribution in [0.15, 0.2) is 41.2 Å². The molecule has 8 heteroatoms. The number of aromatic amines is 1. The molecular weight excluding hydrogens is 430 g/mol. The van der Waals surface area contributed by atoms with E-state index in [1.807, 2.05) is 32.9 Å². The van der Waals surface area contributed by atoms with E-state index in [0.29, 0.717) is 28.4 Å². The van der Waals surface area contributed by atoms with Crippen molar-refractivity contribution in [1.29, 1.82) is 0 Å². The Morgan fingerprint density at radius 2 is 1.91 bits per heavy atom. The van der Waals surface area contributed by atoms with Crippen molar-refractivity contribution in [2.75, 3.05) is 6.61 Å².